The number of benzene rings is 1. The van der Waals surface area contributed by atoms with E-state index < -0.39 is 0 Å². The molecule has 0 aliphatic heterocycles. The molecule has 0 amide bonds. The number of nitrogens with zero attached hydrogens (tertiary/aromatic N) is 1. The van der Waals surface area contributed by atoms with E-state index in [-0.39, 0.29) is 28.7 Å². The molecule has 1 aromatic carbocycles. The second kappa shape index (κ2) is 9.77. The van der Waals surface area contributed by atoms with E-state index in [1.165, 1.54) is 10.9 Å². The van der Waals surface area contributed by atoms with Crippen LogP contribution in [0.2, 0.25) is 5.02 Å². The highest BCUT2D eigenvalue weighted by Crippen LogP contribution is 2.22. The summed E-state index contributed by atoms with van der Waals surface area (Å²) in [6, 6.07) is 5.93. The van der Waals surface area contributed by atoms with Gasteiger partial charge in [-0.1, -0.05) is 11.6 Å². The fourth-order valence-electron chi connectivity index (χ4n) is 2.26. The van der Waals surface area contributed by atoms with Crippen molar-refractivity contribution in [3.05, 3.63) is 35.0 Å². The van der Waals surface area contributed by atoms with Crippen molar-refractivity contribution in [3.63, 3.8) is 0 Å². The first-order valence-electron chi connectivity index (χ1n) is 7.70. The number of hydrogen-bond donors (Lipinski definition) is 3. The lowest BCUT2D eigenvalue weighted by Crippen LogP contribution is -2.43. The molecule has 1 heterocycles. The monoisotopic (exact) mass is 480 g/mol. The summed E-state index contributed by atoms with van der Waals surface area (Å²) < 4.78 is 0.186. The van der Waals surface area contributed by atoms with Crippen molar-refractivity contribution in [1.82, 2.24) is 15.6 Å². The minimum absolute atomic E-state index is 0. The second-order valence-electron chi connectivity index (χ2n) is 6.07. The van der Waals surface area contributed by atoms with Crippen LogP contribution in [-0.4, -0.2) is 42.1 Å². The smallest absolute Gasteiger partial charge is 0.191 e. The van der Waals surface area contributed by atoms with Crippen molar-refractivity contribution < 1.29 is 0 Å². The maximum absolute atomic E-state index is 6.09. The Balaban J connectivity index is 0.00000288. The Labute approximate surface area is 170 Å². The Morgan fingerprint density at radius 2 is 2.08 bits per heavy atom. The van der Waals surface area contributed by atoms with Crippen LogP contribution in [0.3, 0.4) is 0 Å². The molecule has 2 rings (SSSR count). The summed E-state index contributed by atoms with van der Waals surface area (Å²) >= 11 is 7.93. The van der Waals surface area contributed by atoms with Crippen molar-refractivity contribution in [2.45, 2.75) is 25.0 Å². The lowest BCUT2D eigenvalue weighted by molar-refractivity contribution is 0.664. The Bertz CT molecular complexity index is 684. The molecule has 0 spiro atoms. The Morgan fingerprint density at radius 1 is 1.33 bits per heavy atom. The van der Waals surface area contributed by atoms with Crippen LogP contribution in [0.15, 0.2) is 29.4 Å². The molecule has 24 heavy (non-hydrogen) atoms. The first-order valence-corrected chi connectivity index (χ1v) is 9.30. The van der Waals surface area contributed by atoms with Crippen LogP contribution in [0.4, 0.5) is 0 Å². The molecule has 0 unspecified atom stereocenters. The van der Waals surface area contributed by atoms with Gasteiger partial charge in [0.15, 0.2) is 5.96 Å². The van der Waals surface area contributed by atoms with Gasteiger partial charge in [0.1, 0.15) is 0 Å². The average molecular weight is 481 g/mol. The molecule has 4 nitrogen and oxygen atoms in total. The number of aliphatic imine (C=N–C) groups is 1. The van der Waals surface area contributed by atoms with Gasteiger partial charge < -0.3 is 15.6 Å². The molecule has 0 saturated heterocycles. The number of halogens is 2. The van der Waals surface area contributed by atoms with Crippen LogP contribution in [0.5, 0.6) is 0 Å². The number of guanidine groups is 1. The van der Waals surface area contributed by atoms with Crippen LogP contribution in [0, 0.1) is 0 Å². The summed E-state index contributed by atoms with van der Waals surface area (Å²) in [6.45, 7) is 6.12. The minimum atomic E-state index is 0. The van der Waals surface area contributed by atoms with Gasteiger partial charge in [-0.3, -0.25) is 4.99 Å². The zero-order valence-corrected chi connectivity index (χ0v) is 18.5. The van der Waals surface area contributed by atoms with Crippen LogP contribution in [-0.2, 0) is 6.42 Å². The standard InChI is InChI=1S/C17H25ClN4S.HI/c1-17(2,23-4)11-22-16(19-3)20-8-7-12-10-21-15-6-5-13(18)9-14(12)15;/h5-6,9-10,21H,7-8,11H2,1-4H3,(H2,19,20,22);1H. The van der Waals surface area contributed by atoms with Crippen molar-refractivity contribution in [3.8, 4) is 0 Å². The van der Waals surface area contributed by atoms with E-state index in [0.29, 0.717) is 0 Å². The molecule has 0 aliphatic rings. The molecule has 0 radical (unpaired) electrons. The zero-order chi connectivity index (χ0) is 16.9. The SMILES string of the molecule is CN=C(NCCc1c[nH]c2ccc(Cl)cc12)NCC(C)(C)SC.I. The normalized spacial score (nSPS) is 12.1. The highest BCUT2D eigenvalue weighted by molar-refractivity contribution is 14.0. The third-order valence-corrected chi connectivity index (χ3v) is 5.36. The summed E-state index contributed by atoms with van der Waals surface area (Å²) in [7, 11) is 1.80. The van der Waals surface area contributed by atoms with E-state index in [4.69, 9.17) is 11.6 Å². The van der Waals surface area contributed by atoms with Gasteiger partial charge in [-0.05, 0) is 50.3 Å². The van der Waals surface area contributed by atoms with Crippen molar-refractivity contribution >= 4 is 64.2 Å². The molecule has 3 N–H and O–H groups in total. The molecular formula is C17H26ClIN4S. The van der Waals surface area contributed by atoms with Crippen LogP contribution >= 0.6 is 47.3 Å². The van der Waals surface area contributed by atoms with Gasteiger partial charge in [0, 0.05) is 47.0 Å². The maximum Gasteiger partial charge on any atom is 0.191 e. The third-order valence-electron chi connectivity index (χ3n) is 3.87. The number of fused-ring (bicyclic) bond motifs is 1. The van der Waals surface area contributed by atoms with Crippen molar-refractivity contribution in [2.75, 3.05) is 26.4 Å². The topological polar surface area (TPSA) is 52.2 Å². The van der Waals surface area contributed by atoms with Gasteiger partial charge in [0.05, 0.1) is 0 Å². The maximum atomic E-state index is 6.09. The molecule has 0 aliphatic carbocycles. The Morgan fingerprint density at radius 3 is 2.75 bits per heavy atom. The molecule has 0 fully saturated rings. The fraction of sp³-hybridized carbons (Fsp3) is 0.471. The number of nitrogens with one attached hydrogen (secondary N) is 3. The third kappa shape index (κ3) is 6.04. The summed E-state index contributed by atoms with van der Waals surface area (Å²) in [5.74, 6) is 0.838. The Hall–Kier alpha value is -0.600. The second-order valence-corrected chi connectivity index (χ2v) is 8.02. The summed E-state index contributed by atoms with van der Waals surface area (Å²) in [5, 5.41) is 8.70. The van der Waals surface area contributed by atoms with Crippen LogP contribution in [0.1, 0.15) is 19.4 Å². The molecule has 7 heteroatoms. The van der Waals surface area contributed by atoms with Crippen molar-refractivity contribution in [2.24, 2.45) is 4.99 Å². The quantitative estimate of drug-likeness (QED) is 0.328. The fourth-order valence-corrected chi connectivity index (χ4v) is 2.65. The van der Waals surface area contributed by atoms with Crippen LogP contribution < -0.4 is 10.6 Å². The van der Waals surface area contributed by atoms with Gasteiger partial charge in [0.2, 0.25) is 0 Å². The largest absolute Gasteiger partial charge is 0.361 e. The molecule has 1 aromatic heterocycles. The number of aromatic amines is 1. The summed E-state index contributed by atoms with van der Waals surface area (Å²) in [4.78, 5) is 7.56. The Kier molecular flexibility index (Phi) is 8.73. The molecule has 2 aromatic rings. The lowest BCUT2D eigenvalue weighted by Gasteiger charge is -2.23. The minimum Gasteiger partial charge on any atom is -0.361 e. The van der Waals surface area contributed by atoms with Gasteiger partial charge in [-0.15, -0.1) is 24.0 Å². The first kappa shape index (κ1) is 21.4. The number of thioether (sulfide) groups is 1. The van der Waals surface area contributed by atoms with Gasteiger partial charge >= 0.3 is 0 Å². The molecule has 0 atom stereocenters. The van der Waals surface area contributed by atoms with Crippen molar-refractivity contribution in [1.29, 1.82) is 0 Å². The zero-order valence-electron chi connectivity index (χ0n) is 14.6. The number of hydrogen-bond acceptors (Lipinski definition) is 2. The van der Waals surface area contributed by atoms with E-state index in [1.54, 1.807) is 7.05 Å². The highest BCUT2D eigenvalue weighted by atomic mass is 127. The van der Waals surface area contributed by atoms with Crippen LogP contribution in [0.25, 0.3) is 10.9 Å². The molecule has 0 saturated carbocycles. The highest BCUT2D eigenvalue weighted by Gasteiger charge is 2.16. The van der Waals surface area contributed by atoms with Gasteiger partial charge in [-0.25, -0.2) is 0 Å². The van der Waals surface area contributed by atoms with Gasteiger partial charge in [0.25, 0.3) is 0 Å². The van der Waals surface area contributed by atoms with E-state index in [9.17, 15) is 0 Å². The number of H-pyrrole nitrogens is 1. The average Bonchev–Trinajstić information content (AvgIpc) is 2.93. The predicted octanol–water partition coefficient (Wildman–Crippen LogP) is 4.29. The number of rotatable bonds is 6. The van der Waals surface area contributed by atoms with E-state index in [2.05, 4.69) is 46.9 Å². The van der Waals surface area contributed by atoms with E-state index in [1.807, 2.05) is 30.0 Å². The van der Waals surface area contributed by atoms with Gasteiger partial charge in [-0.2, -0.15) is 11.8 Å². The predicted molar refractivity (Wildman–Crippen MR) is 119 cm³/mol. The lowest BCUT2D eigenvalue weighted by atomic mass is 10.1. The molecule has 134 valence electrons. The van der Waals surface area contributed by atoms with E-state index in [0.717, 1.165) is 36.0 Å². The molecular weight excluding hydrogens is 455 g/mol. The summed E-state index contributed by atoms with van der Waals surface area (Å²) in [6.07, 6.45) is 5.09. The summed E-state index contributed by atoms with van der Waals surface area (Å²) in [5.41, 5.74) is 2.38. The first-order chi connectivity index (χ1) is 10.9. The molecule has 0 bridgehead atoms. The van der Waals surface area contributed by atoms with E-state index >= 15 is 0 Å². The number of aromatic nitrogens is 1.